The molecule has 0 amide bonds. The van der Waals surface area contributed by atoms with E-state index in [2.05, 4.69) is 17.6 Å². The molecule has 0 aliphatic heterocycles. The third-order valence-corrected chi connectivity index (χ3v) is 1.77. The van der Waals surface area contributed by atoms with Gasteiger partial charge in [-0.05, 0) is 24.3 Å². The molecule has 0 fully saturated rings. The van der Waals surface area contributed by atoms with Crippen molar-refractivity contribution in [2.75, 3.05) is 5.75 Å². The van der Waals surface area contributed by atoms with E-state index in [0.29, 0.717) is 0 Å². The van der Waals surface area contributed by atoms with Gasteiger partial charge in [-0.25, -0.2) is 0 Å². The first-order valence-electron chi connectivity index (χ1n) is 3.62. The second kappa shape index (κ2) is 4.36. The summed E-state index contributed by atoms with van der Waals surface area (Å²) in [5.74, 6) is 0.803. The molecule has 2 N–H and O–H groups in total. The standard InChI is InChI=1S/C8H12N2S/c9-7(4-6-11)8-3-1-2-5-10-8/h1-3,5,7,11H,4,6,9H2. The Morgan fingerprint density at radius 3 is 2.91 bits per heavy atom. The average Bonchev–Trinajstić information content (AvgIpc) is 2.07. The van der Waals surface area contributed by atoms with Crippen LogP contribution in [0.5, 0.6) is 0 Å². The van der Waals surface area contributed by atoms with E-state index in [1.54, 1.807) is 6.20 Å². The summed E-state index contributed by atoms with van der Waals surface area (Å²) in [6.45, 7) is 0. The number of aromatic nitrogens is 1. The lowest BCUT2D eigenvalue weighted by atomic mass is 10.1. The topological polar surface area (TPSA) is 38.9 Å². The molecule has 3 heteroatoms. The summed E-state index contributed by atoms with van der Waals surface area (Å²) < 4.78 is 0. The first-order chi connectivity index (χ1) is 5.34. The summed E-state index contributed by atoms with van der Waals surface area (Å²) in [6, 6.07) is 5.81. The zero-order valence-electron chi connectivity index (χ0n) is 6.27. The van der Waals surface area contributed by atoms with Crippen LogP contribution in [0.3, 0.4) is 0 Å². The molecule has 1 rings (SSSR count). The Morgan fingerprint density at radius 2 is 2.36 bits per heavy atom. The van der Waals surface area contributed by atoms with Crippen molar-refractivity contribution in [3.8, 4) is 0 Å². The van der Waals surface area contributed by atoms with E-state index in [-0.39, 0.29) is 6.04 Å². The quantitative estimate of drug-likeness (QED) is 0.670. The minimum absolute atomic E-state index is 0.0358. The molecule has 1 heterocycles. The van der Waals surface area contributed by atoms with Crippen LogP contribution >= 0.6 is 12.6 Å². The van der Waals surface area contributed by atoms with Crippen molar-refractivity contribution in [1.29, 1.82) is 0 Å². The number of hydrogen-bond acceptors (Lipinski definition) is 3. The van der Waals surface area contributed by atoms with Gasteiger partial charge in [0, 0.05) is 12.2 Å². The Morgan fingerprint density at radius 1 is 1.55 bits per heavy atom. The number of pyridine rings is 1. The molecule has 60 valence electrons. The molecule has 11 heavy (non-hydrogen) atoms. The fourth-order valence-electron chi connectivity index (χ4n) is 0.882. The van der Waals surface area contributed by atoms with E-state index < -0.39 is 0 Å². The van der Waals surface area contributed by atoms with Crippen molar-refractivity contribution in [1.82, 2.24) is 4.98 Å². The van der Waals surface area contributed by atoms with Crippen molar-refractivity contribution in [3.63, 3.8) is 0 Å². The molecule has 1 aromatic heterocycles. The van der Waals surface area contributed by atoms with Crippen molar-refractivity contribution in [2.24, 2.45) is 5.73 Å². The van der Waals surface area contributed by atoms with Crippen LogP contribution in [-0.4, -0.2) is 10.7 Å². The molecule has 0 saturated carbocycles. The van der Waals surface area contributed by atoms with Gasteiger partial charge >= 0.3 is 0 Å². The zero-order chi connectivity index (χ0) is 8.10. The summed E-state index contributed by atoms with van der Waals surface area (Å²) in [6.07, 6.45) is 2.63. The van der Waals surface area contributed by atoms with Crippen LogP contribution in [0.2, 0.25) is 0 Å². The van der Waals surface area contributed by atoms with Crippen LogP contribution < -0.4 is 5.73 Å². The smallest absolute Gasteiger partial charge is 0.0571 e. The average molecular weight is 168 g/mol. The highest BCUT2D eigenvalue weighted by Gasteiger charge is 2.03. The van der Waals surface area contributed by atoms with E-state index in [4.69, 9.17) is 5.73 Å². The van der Waals surface area contributed by atoms with Crippen LogP contribution in [0.1, 0.15) is 18.2 Å². The maximum Gasteiger partial charge on any atom is 0.0571 e. The largest absolute Gasteiger partial charge is 0.323 e. The molecule has 0 aromatic carbocycles. The van der Waals surface area contributed by atoms with Gasteiger partial charge in [0.2, 0.25) is 0 Å². The molecular weight excluding hydrogens is 156 g/mol. The SMILES string of the molecule is NC(CCS)c1ccccn1. The summed E-state index contributed by atoms with van der Waals surface area (Å²) in [5.41, 5.74) is 6.74. The number of rotatable bonds is 3. The van der Waals surface area contributed by atoms with Gasteiger partial charge in [-0.2, -0.15) is 12.6 Å². The van der Waals surface area contributed by atoms with Crippen LogP contribution in [-0.2, 0) is 0 Å². The van der Waals surface area contributed by atoms with Crippen LogP contribution in [0.4, 0.5) is 0 Å². The molecule has 0 saturated heterocycles. The highest BCUT2D eigenvalue weighted by atomic mass is 32.1. The summed E-state index contributed by atoms with van der Waals surface area (Å²) in [7, 11) is 0. The third kappa shape index (κ3) is 2.52. The molecule has 1 unspecified atom stereocenters. The van der Waals surface area contributed by atoms with Crippen molar-refractivity contribution >= 4 is 12.6 Å². The predicted octanol–water partition coefficient (Wildman–Crippen LogP) is 1.40. The van der Waals surface area contributed by atoms with Gasteiger partial charge < -0.3 is 5.73 Å². The lowest BCUT2D eigenvalue weighted by Gasteiger charge is -2.07. The number of thiol groups is 1. The first kappa shape index (κ1) is 8.56. The lowest BCUT2D eigenvalue weighted by Crippen LogP contribution is -2.11. The maximum atomic E-state index is 5.79. The Kier molecular flexibility index (Phi) is 3.39. The summed E-state index contributed by atoms with van der Waals surface area (Å²) >= 11 is 4.10. The Balaban J connectivity index is 2.61. The predicted molar refractivity (Wildman–Crippen MR) is 49.6 cm³/mol. The molecule has 2 nitrogen and oxygen atoms in total. The van der Waals surface area contributed by atoms with Gasteiger partial charge in [0.25, 0.3) is 0 Å². The summed E-state index contributed by atoms with van der Waals surface area (Å²) in [5, 5.41) is 0. The molecule has 0 aliphatic carbocycles. The van der Waals surface area contributed by atoms with Gasteiger partial charge in [-0.3, -0.25) is 4.98 Å². The zero-order valence-corrected chi connectivity index (χ0v) is 7.17. The molecule has 0 bridgehead atoms. The third-order valence-electron chi connectivity index (χ3n) is 1.51. The van der Waals surface area contributed by atoms with E-state index in [9.17, 15) is 0 Å². The Bertz CT molecular complexity index is 201. The number of nitrogens with two attached hydrogens (primary N) is 1. The fourth-order valence-corrected chi connectivity index (χ4v) is 1.16. The van der Waals surface area contributed by atoms with Crippen molar-refractivity contribution in [3.05, 3.63) is 30.1 Å². The molecule has 0 radical (unpaired) electrons. The Hall–Kier alpha value is -0.540. The second-order valence-corrected chi connectivity index (χ2v) is 2.82. The van der Waals surface area contributed by atoms with Gasteiger partial charge in [-0.1, -0.05) is 6.07 Å². The lowest BCUT2D eigenvalue weighted by molar-refractivity contribution is 0.682. The van der Waals surface area contributed by atoms with Crippen LogP contribution in [0.25, 0.3) is 0 Å². The van der Waals surface area contributed by atoms with Gasteiger partial charge in [0.05, 0.1) is 5.69 Å². The van der Waals surface area contributed by atoms with Crippen molar-refractivity contribution in [2.45, 2.75) is 12.5 Å². The maximum absolute atomic E-state index is 5.79. The fraction of sp³-hybridized carbons (Fsp3) is 0.375. The second-order valence-electron chi connectivity index (χ2n) is 2.37. The van der Waals surface area contributed by atoms with Gasteiger partial charge in [0.15, 0.2) is 0 Å². The normalized spacial score (nSPS) is 12.9. The number of hydrogen-bond donors (Lipinski definition) is 2. The minimum atomic E-state index is 0.0358. The highest BCUT2D eigenvalue weighted by Crippen LogP contribution is 2.10. The van der Waals surface area contributed by atoms with Crippen molar-refractivity contribution < 1.29 is 0 Å². The van der Waals surface area contributed by atoms with Gasteiger partial charge in [-0.15, -0.1) is 0 Å². The molecule has 0 spiro atoms. The molecule has 0 aliphatic rings. The molecule has 1 atom stereocenters. The summed E-state index contributed by atoms with van der Waals surface area (Å²) in [4.78, 5) is 4.14. The van der Waals surface area contributed by atoms with E-state index in [1.807, 2.05) is 18.2 Å². The van der Waals surface area contributed by atoms with Crippen LogP contribution in [0.15, 0.2) is 24.4 Å². The monoisotopic (exact) mass is 168 g/mol. The van der Waals surface area contributed by atoms with E-state index >= 15 is 0 Å². The number of nitrogens with zero attached hydrogens (tertiary/aromatic N) is 1. The van der Waals surface area contributed by atoms with E-state index in [1.165, 1.54) is 0 Å². The molecular formula is C8H12N2S. The van der Waals surface area contributed by atoms with Gasteiger partial charge in [0.1, 0.15) is 0 Å². The Labute approximate surface area is 72.2 Å². The molecule has 1 aromatic rings. The first-order valence-corrected chi connectivity index (χ1v) is 4.25. The van der Waals surface area contributed by atoms with Crippen LogP contribution in [0, 0.1) is 0 Å². The van der Waals surface area contributed by atoms with E-state index in [0.717, 1.165) is 17.9 Å². The highest BCUT2D eigenvalue weighted by molar-refractivity contribution is 7.80. The minimum Gasteiger partial charge on any atom is -0.323 e.